The number of fused-ring (bicyclic) bond motifs is 6. The maximum atomic E-state index is 12.8. The highest BCUT2D eigenvalue weighted by Gasteiger charge is 2.35. The molecule has 2 saturated carbocycles. The van der Waals surface area contributed by atoms with Gasteiger partial charge in [-0.25, -0.2) is 4.79 Å². The third-order valence-corrected chi connectivity index (χ3v) is 9.00. The molecule has 5 nitrogen and oxygen atoms in total. The number of esters is 1. The predicted molar refractivity (Wildman–Crippen MR) is 146 cm³/mol. The molecule has 2 atom stereocenters. The first-order valence-electron chi connectivity index (χ1n) is 13.9. The minimum atomic E-state index is -0.270. The van der Waals surface area contributed by atoms with E-state index in [9.17, 15) is 4.79 Å². The number of rotatable bonds is 5. The van der Waals surface area contributed by atoms with Crippen LogP contribution in [0.1, 0.15) is 91.2 Å². The molecule has 2 aromatic heterocycles. The van der Waals surface area contributed by atoms with Gasteiger partial charge in [0.2, 0.25) is 0 Å². The summed E-state index contributed by atoms with van der Waals surface area (Å²) in [5.74, 6) is 1.28. The summed E-state index contributed by atoms with van der Waals surface area (Å²) >= 11 is 0. The van der Waals surface area contributed by atoms with Crippen molar-refractivity contribution in [3.05, 3.63) is 57.9 Å². The van der Waals surface area contributed by atoms with E-state index in [1.807, 2.05) is 6.20 Å². The second kappa shape index (κ2) is 9.59. The van der Waals surface area contributed by atoms with Gasteiger partial charge in [0.25, 0.3) is 0 Å². The fourth-order valence-electron chi connectivity index (χ4n) is 7.29. The number of hydrogen-bond donors (Lipinski definition) is 1. The Morgan fingerprint density at radius 2 is 1.97 bits per heavy atom. The number of ether oxygens (including phenoxy) is 1. The monoisotopic (exact) mass is 485 g/mol. The second-order valence-electron chi connectivity index (χ2n) is 11.4. The maximum Gasteiger partial charge on any atom is 0.340 e. The van der Waals surface area contributed by atoms with Crippen molar-refractivity contribution >= 4 is 28.6 Å². The summed E-state index contributed by atoms with van der Waals surface area (Å²) in [5.41, 5.74) is 6.33. The highest BCUT2D eigenvalue weighted by molar-refractivity contribution is 5.92. The average molecular weight is 486 g/mol. The third-order valence-electron chi connectivity index (χ3n) is 9.00. The predicted octanol–water partition coefficient (Wildman–Crippen LogP) is 5.09. The Bertz CT molecular complexity index is 1400. The average Bonchev–Trinajstić information content (AvgIpc) is 3.45. The lowest BCUT2D eigenvalue weighted by molar-refractivity contribution is 0.0599. The summed E-state index contributed by atoms with van der Waals surface area (Å²) < 4.78 is 7.67. The summed E-state index contributed by atoms with van der Waals surface area (Å²) in [6.45, 7) is 1.09. The number of aromatic amines is 1. The van der Waals surface area contributed by atoms with Gasteiger partial charge in [0, 0.05) is 40.0 Å². The lowest BCUT2D eigenvalue weighted by Crippen LogP contribution is -2.33. The van der Waals surface area contributed by atoms with E-state index in [-0.39, 0.29) is 5.97 Å². The number of methoxy groups -OCH3 is 1. The fraction of sp³-hybridized carbons (Fsp3) is 0.516. The van der Waals surface area contributed by atoms with Gasteiger partial charge in [-0.2, -0.15) is 0 Å². The van der Waals surface area contributed by atoms with Gasteiger partial charge in [0.05, 0.1) is 18.2 Å². The Hall–Kier alpha value is -2.79. The molecule has 0 radical (unpaired) electrons. The van der Waals surface area contributed by atoms with Crippen molar-refractivity contribution < 1.29 is 9.53 Å². The highest BCUT2D eigenvalue weighted by atomic mass is 16.5. The van der Waals surface area contributed by atoms with Crippen LogP contribution in [0, 0.1) is 5.92 Å². The van der Waals surface area contributed by atoms with E-state index < -0.39 is 0 Å². The molecule has 1 aromatic carbocycles. The molecule has 1 N–H and O–H groups in total. The van der Waals surface area contributed by atoms with Gasteiger partial charge in [-0.3, -0.25) is 0 Å². The summed E-state index contributed by atoms with van der Waals surface area (Å²) in [7, 11) is 5.82. The van der Waals surface area contributed by atoms with Crippen LogP contribution < -0.4 is 10.6 Å². The zero-order valence-corrected chi connectivity index (χ0v) is 22.0. The van der Waals surface area contributed by atoms with Gasteiger partial charge < -0.3 is 19.2 Å². The van der Waals surface area contributed by atoms with E-state index in [2.05, 4.69) is 59.0 Å². The van der Waals surface area contributed by atoms with Crippen molar-refractivity contribution in [2.24, 2.45) is 5.92 Å². The Morgan fingerprint density at radius 1 is 1.14 bits per heavy atom. The number of H-pyrrole nitrogens is 1. The molecule has 3 aromatic rings. The molecule has 36 heavy (non-hydrogen) atoms. The Morgan fingerprint density at radius 3 is 2.75 bits per heavy atom. The topological polar surface area (TPSA) is 50.3 Å². The van der Waals surface area contributed by atoms with Crippen LogP contribution in [0.3, 0.4) is 0 Å². The normalized spacial score (nSPS) is 22.1. The minimum absolute atomic E-state index is 0.270. The number of nitrogens with one attached hydrogen (secondary N) is 1. The first-order valence-corrected chi connectivity index (χ1v) is 13.9. The number of carbonyl (C=O) groups excluding carboxylic acids is 1. The molecule has 2 aliphatic carbocycles. The summed E-state index contributed by atoms with van der Waals surface area (Å²) in [6, 6.07) is 9.36. The SMILES string of the molecule is COC(=O)c1c[nH]c2c1=Cn1c(cc3cccc(C4CCCCC4)c31)[C@H]1C=2CCCC1CCN(C)C. The van der Waals surface area contributed by atoms with Crippen LogP contribution in [0.5, 0.6) is 0 Å². The molecule has 5 heteroatoms. The van der Waals surface area contributed by atoms with Gasteiger partial charge in [-0.15, -0.1) is 0 Å². The van der Waals surface area contributed by atoms with Crippen molar-refractivity contribution in [3.8, 4) is 0 Å². The molecule has 1 unspecified atom stereocenters. The first kappa shape index (κ1) is 23.6. The van der Waals surface area contributed by atoms with Crippen molar-refractivity contribution in [2.75, 3.05) is 27.7 Å². The fourth-order valence-corrected chi connectivity index (χ4v) is 7.29. The molecule has 0 amide bonds. The Balaban J connectivity index is 1.63. The van der Waals surface area contributed by atoms with Crippen molar-refractivity contribution in [1.82, 2.24) is 14.5 Å². The van der Waals surface area contributed by atoms with Crippen LogP contribution in [0.25, 0.3) is 22.7 Å². The number of para-hydroxylation sites is 1. The molecule has 0 bridgehead atoms. The van der Waals surface area contributed by atoms with Crippen LogP contribution in [-0.4, -0.2) is 48.2 Å². The van der Waals surface area contributed by atoms with Gasteiger partial charge in [-0.05, 0) is 88.2 Å². The van der Waals surface area contributed by atoms with E-state index in [0.717, 1.165) is 23.5 Å². The first-order chi connectivity index (χ1) is 17.6. The molecule has 3 aliphatic rings. The van der Waals surface area contributed by atoms with E-state index in [4.69, 9.17) is 4.74 Å². The highest BCUT2D eigenvalue weighted by Crippen LogP contribution is 2.47. The summed E-state index contributed by atoms with van der Waals surface area (Å²) in [4.78, 5) is 18.6. The van der Waals surface area contributed by atoms with Crippen LogP contribution in [0.4, 0.5) is 0 Å². The van der Waals surface area contributed by atoms with Crippen LogP contribution in [0.2, 0.25) is 0 Å². The zero-order chi connectivity index (χ0) is 24.8. The molecular weight excluding hydrogens is 446 g/mol. The quantitative estimate of drug-likeness (QED) is 0.512. The summed E-state index contributed by atoms with van der Waals surface area (Å²) in [5, 5.41) is 3.46. The van der Waals surface area contributed by atoms with Crippen LogP contribution in [0.15, 0.2) is 30.5 Å². The largest absolute Gasteiger partial charge is 0.465 e. The van der Waals surface area contributed by atoms with Gasteiger partial charge in [-0.1, -0.05) is 37.5 Å². The number of nitrogens with zero attached hydrogens (tertiary/aromatic N) is 2. The van der Waals surface area contributed by atoms with Crippen molar-refractivity contribution in [1.29, 1.82) is 0 Å². The number of hydrogen-bond acceptors (Lipinski definition) is 3. The zero-order valence-electron chi connectivity index (χ0n) is 22.0. The molecule has 0 saturated heterocycles. The summed E-state index contributed by atoms with van der Waals surface area (Å²) in [6.07, 6.45) is 15.3. The van der Waals surface area contributed by atoms with Crippen molar-refractivity contribution in [2.45, 2.75) is 69.6 Å². The van der Waals surface area contributed by atoms with Crippen LogP contribution in [-0.2, 0) is 4.74 Å². The Kier molecular flexibility index (Phi) is 6.28. The lowest BCUT2D eigenvalue weighted by atomic mass is 9.72. The molecule has 2 fully saturated rings. The minimum Gasteiger partial charge on any atom is -0.465 e. The molecule has 190 valence electrons. The standard InChI is InChI=1S/C31H39N3O2/c1-33(2)16-15-21-11-7-14-24-28(21)27-17-22-12-8-13-23(20-9-5-4-6-10-20)30(22)34(27)19-26-25(31(35)36-3)18-32-29(24)26/h8,12-13,17-21,28,32H,4-7,9-11,14-16H2,1-3H3/t21?,28-/m1/s1. The number of carbonyl (C=O) groups is 1. The van der Waals surface area contributed by atoms with E-state index in [0.29, 0.717) is 23.3 Å². The van der Waals surface area contributed by atoms with Crippen molar-refractivity contribution in [3.63, 3.8) is 0 Å². The lowest BCUT2D eigenvalue weighted by Gasteiger charge is -2.34. The van der Waals surface area contributed by atoms with Crippen LogP contribution >= 0.6 is 0 Å². The molecular formula is C31H39N3O2. The number of aromatic nitrogens is 2. The Labute approximate surface area is 213 Å². The maximum absolute atomic E-state index is 12.8. The molecule has 6 rings (SSSR count). The van der Waals surface area contributed by atoms with Gasteiger partial charge in [0.15, 0.2) is 0 Å². The van der Waals surface area contributed by atoms with Gasteiger partial charge in [0.1, 0.15) is 0 Å². The molecule has 3 heterocycles. The van der Waals surface area contributed by atoms with Gasteiger partial charge >= 0.3 is 5.97 Å². The second-order valence-corrected chi connectivity index (χ2v) is 11.4. The smallest absolute Gasteiger partial charge is 0.340 e. The molecule has 1 aliphatic heterocycles. The van der Waals surface area contributed by atoms with E-state index >= 15 is 0 Å². The van der Waals surface area contributed by atoms with E-state index in [1.165, 1.54) is 86.2 Å². The van der Waals surface area contributed by atoms with E-state index in [1.54, 1.807) is 0 Å². The number of benzene rings is 1. The third kappa shape index (κ3) is 3.92. The molecule has 0 spiro atoms.